The molecule has 1 heterocycles. The number of ether oxygens (including phenoxy) is 4. The minimum Gasteiger partial charge on any atom is -0.496 e. The van der Waals surface area contributed by atoms with Crippen molar-refractivity contribution in [1.82, 2.24) is 5.43 Å². The van der Waals surface area contributed by atoms with Crippen molar-refractivity contribution >= 4 is 11.8 Å². The molecule has 0 spiro atoms. The van der Waals surface area contributed by atoms with Gasteiger partial charge in [0.2, 0.25) is 0 Å². The second kappa shape index (κ2) is 6.98. The largest absolute Gasteiger partial charge is 0.496 e. The number of amides is 1. The third kappa shape index (κ3) is 4.10. The van der Waals surface area contributed by atoms with Crippen LogP contribution in [0.2, 0.25) is 0 Å². The maximum atomic E-state index is 11.7. The van der Waals surface area contributed by atoms with Crippen LogP contribution in [0.15, 0.2) is 17.2 Å². The van der Waals surface area contributed by atoms with Crippen LogP contribution in [0.25, 0.3) is 0 Å². The first-order chi connectivity index (χ1) is 11.3. The van der Waals surface area contributed by atoms with Crippen molar-refractivity contribution in [3.05, 3.63) is 17.7 Å². The first-order valence-electron chi connectivity index (χ1n) is 7.74. The van der Waals surface area contributed by atoms with Crippen molar-refractivity contribution in [2.45, 2.75) is 45.8 Å². The lowest BCUT2D eigenvalue weighted by atomic mass is 9.91. The smallest absolute Gasteiger partial charge is 0.427 e. The number of nitrogens with zero attached hydrogens (tertiary/aromatic N) is 1. The van der Waals surface area contributed by atoms with E-state index in [1.807, 2.05) is 13.8 Å². The van der Waals surface area contributed by atoms with Crippen molar-refractivity contribution in [2.75, 3.05) is 14.2 Å². The van der Waals surface area contributed by atoms with Crippen LogP contribution >= 0.6 is 0 Å². The number of carbonyl (C=O) groups excluding carboxylic acids is 1. The van der Waals surface area contributed by atoms with Gasteiger partial charge in [-0.1, -0.05) is 0 Å². The molecule has 0 atom stereocenters. The van der Waals surface area contributed by atoms with Gasteiger partial charge >= 0.3 is 6.09 Å². The van der Waals surface area contributed by atoms with E-state index in [2.05, 4.69) is 10.5 Å². The summed E-state index contributed by atoms with van der Waals surface area (Å²) in [5.41, 5.74) is 3.30. The molecule has 0 radical (unpaired) electrons. The average molecular weight is 336 g/mol. The second-order valence-electron chi connectivity index (χ2n) is 6.37. The maximum absolute atomic E-state index is 11.7. The number of methoxy groups -OCH3 is 2. The SMILES string of the molecule is COc1cc(OC)c2c(c1)OC(C)(C)CC2=NNC(=O)OC(C)C. The molecule has 1 N–H and O–H groups in total. The summed E-state index contributed by atoms with van der Waals surface area (Å²) in [5, 5.41) is 4.23. The molecule has 0 aliphatic carbocycles. The Bertz CT molecular complexity index is 653. The molecule has 0 saturated heterocycles. The number of nitrogens with one attached hydrogen (secondary N) is 1. The number of benzene rings is 1. The number of hydrogen-bond acceptors (Lipinski definition) is 6. The summed E-state index contributed by atoms with van der Waals surface area (Å²) in [6, 6.07) is 3.53. The Labute approximate surface area is 141 Å². The molecular formula is C17H24N2O5. The van der Waals surface area contributed by atoms with Crippen LogP contribution in [0.5, 0.6) is 17.2 Å². The summed E-state index contributed by atoms with van der Waals surface area (Å²) in [5.74, 6) is 1.78. The summed E-state index contributed by atoms with van der Waals surface area (Å²) < 4.78 is 21.8. The Morgan fingerprint density at radius 2 is 2.00 bits per heavy atom. The molecule has 1 aromatic carbocycles. The minimum absolute atomic E-state index is 0.220. The van der Waals surface area contributed by atoms with Crippen LogP contribution in [0.3, 0.4) is 0 Å². The van der Waals surface area contributed by atoms with Gasteiger partial charge in [0, 0.05) is 18.6 Å². The highest BCUT2D eigenvalue weighted by molar-refractivity contribution is 6.07. The van der Waals surface area contributed by atoms with E-state index in [9.17, 15) is 4.79 Å². The van der Waals surface area contributed by atoms with Gasteiger partial charge in [-0.05, 0) is 27.7 Å². The summed E-state index contributed by atoms with van der Waals surface area (Å²) in [7, 11) is 3.14. The molecule has 1 aliphatic heterocycles. The molecule has 132 valence electrons. The molecule has 2 rings (SSSR count). The number of rotatable bonds is 4. The van der Waals surface area contributed by atoms with Crippen molar-refractivity contribution in [1.29, 1.82) is 0 Å². The van der Waals surface area contributed by atoms with Gasteiger partial charge in [0.1, 0.15) is 22.8 Å². The first-order valence-corrected chi connectivity index (χ1v) is 7.74. The van der Waals surface area contributed by atoms with Crippen molar-refractivity contribution in [3.8, 4) is 17.2 Å². The molecule has 7 nitrogen and oxygen atoms in total. The quantitative estimate of drug-likeness (QED) is 0.855. The molecule has 0 aromatic heterocycles. The van der Waals surface area contributed by atoms with Crippen molar-refractivity contribution in [3.63, 3.8) is 0 Å². The van der Waals surface area contributed by atoms with E-state index in [4.69, 9.17) is 18.9 Å². The number of fused-ring (bicyclic) bond motifs is 1. The van der Waals surface area contributed by atoms with Crippen LogP contribution in [0.1, 0.15) is 39.7 Å². The predicted octanol–water partition coefficient (Wildman–Crippen LogP) is 3.10. The Balaban J connectivity index is 2.42. The summed E-state index contributed by atoms with van der Waals surface area (Å²) in [6.07, 6.45) is -0.316. The minimum atomic E-state index is -0.601. The summed E-state index contributed by atoms with van der Waals surface area (Å²) >= 11 is 0. The molecule has 1 amide bonds. The number of hydrogen-bond donors (Lipinski definition) is 1. The van der Waals surface area contributed by atoms with Gasteiger partial charge < -0.3 is 18.9 Å². The van der Waals surface area contributed by atoms with Crippen LogP contribution in [-0.2, 0) is 4.74 Å². The zero-order valence-electron chi connectivity index (χ0n) is 14.9. The topological polar surface area (TPSA) is 78.4 Å². The van der Waals surface area contributed by atoms with E-state index in [1.54, 1.807) is 40.2 Å². The van der Waals surface area contributed by atoms with Gasteiger partial charge in [-0.3, -0.25) is 0 Å². The van der Waals surface area contributed by atoms with E-state index in [0.717, 1.165) is 0 Å². The fraction of sp³-hybridized carbons (Fsp3) is 0.529. The fourth-order valence-corrected chi connectivity index (χ4v) is 2.48. The van der Waals surface area contributed by atoms with E-state index >= 15 is 0 Å². The van der Waals surface area contributed by atoms with E-state index in [0.29, 0.717) is 34.9 Å². The zero-order chi connectivity index (χ0) is 17.9. The molecule has 0 unspecified atom stereocenters. The van der Waals surface area contributed by atoms with Gasteiger partial charge in [0.05, 0.1) is 31.6 Å². The standard InChI is InChI=1S/C17H24N2O5/c1-10(2)23-16(20)19-18-12-9-17(3,4)24-14-8-11(21-5)7-13(22-6)15(12)14/h7-8,10H,9H2,1-6H3,(H,19,20). The van der Waals surface area contributed by atoms with Crippen molar-refractivity contribution in [2.24, 2.45) is 5.10 Å². The highest BCUT2D eigenvalue weighted by Gasteiger charge is 2.34. The van der Waals surface area contributed by atoms with E-state index in [-0.39, 0.29) is 6.10 Å². The highest BCUT2D eigenvalue weighted by atomic mass is 16.6. The third-order valence-corrected chi connectivity index (χ3v) is 3.39. The highest BCUT2D eigenvalue weighted by Crippen LogP contribution is 2.41. The maximum Gasteiger partial charge on any atom is 0.427 e. The second-order valence-corrected chi connectivity index (χ2v) is 6.37. The molecule has 24 heavy (non-hydrogen) atoms. The van der Waals surface area contributed by atoms with Gasteiger partial charge in [0.15, 0.2) is 0 Å². The van der Waals surface area contributed by atoms with Gasteiger partial charge in [-0.2, -0.15) is 5.10 Å². The van der Waals surface area contributed by atoms with Gasteiger partial charge in [0.25, 0.3) is 0 Å². The lowest BCUT2D eigenvalue weighted by Crippen LogP contribution is -2.37. The molecule has 1 aliphatic rings. The molecule has 7 heteroatoms. The Hall–Kier alpha value is -2.44. The predicted molar refractivity (Wildman–Crippen MR) is 90.2 cm³/mol. The number of carbonyl (C=O) groups is 1. The van der Waals surface area contributed by atoms with Gasteiger partial charge in [-0.15, -0.1) is 0 Å². The van der Waals surface area contributed by atoms with E-state index < -0.39 is 11.7 Å². The van der Waals surface area contributed by atoms with Crippen LogP contribution in [0.4, 0.5) is 4.79 Å². The lowest BCUT2D eigenvalue weighted by molar-refractivity contribution is 0.108. The number of hydrazone groups is 1. The molecule has 1 aromatic rings. The van der Waals surface area contributed by atoms with Crippen molar-refractivity contribution < 1.29 is 23.7 Å². The summed E-state index contributed by atoms with van der Waals surface area (Å²) in [6.45, 7) is 7.44. The average Bonchev–Trinajstić information content (AvgIpc) is 2.49. The fourth-order valence-electron chi connectivity index (χ4n) is 2.48. The Morgan fingerprint density at radius 1 is 1.29 bits per heavy atom. The monoisotopic (exact) mass is 336 g/mol. The van der Waals surface area contributed by atoms with Gasteiger partial charge in [-0.25, -0.2) is 10.2 Å². The summed E-state index contributed by atoms with van der Waals surface area (Å²) in [4.78, 5) is 11.7. The van der Waals surface area contributed by atoms with E-state index in [1.165, 1.54) is 0 Å². The third-order valence-electron chi connectivity index (χ3n) is 3.39. The molecule has 0 bridgehead atoms. The molecular weight excluding hydrogens is 312 g/mol. The lowest BCUT2D eigenvalue weighted by Gasteiger charge is -2.34. The molecule has 0 saturated carbocycles. The Morgan fingerprint density at radius 3 is 2.58 bits per heavy atom. The zero-order valence-corrected chi connectivity index (χ0v) is 14.9. The van der Waals surface area contributed by atoms with Crippen LogP contribution in [-0.4, -0.2) is 37.7 Å². The molecule has 0 fully saturated rings. The van der Waals surface area contributed by atoms with Crippen LogP contribution < -0.4 is 19.6 Å². The first kappa shape index (κ1) is 17.9. The normalized spacial score (nSPS) is 17.0. The Kier molecular flexibility index (Phi) is 5.21. The van der Waals surface area contributed by atoms with Crippen LogP contribution in [0, 0.1) is 0 Å².